The lowest BCUT2D eigenvalue weighted by Gasteiger charge is -2.19. The molecule has 9 heteroatoms. The number of hydrogen-bond donors (Lipinski definition) is 0. The van der Waals surface area contributed by atoms with Gasteiger partial charge in [0.15, 0.2) is 0 Å². The number of phosphoric ester groups is 1. The molecule has 8 nitrogen and oxygen atoms in total. The van der Waals surface area contributed by atoms with E-state index < -0.39 is 7.82 Å². The number of carbonyl (C=O) groups is 2. The van der Waals surface area contributed by atoms with E-state index in [4.69, 9.17) is 23.0 Å². The van der Waals surface area contributed by atoms with Crippen LogP contribution in [0.1, 0.15) is 129 Å². The molecule has 0 bridgehead atoms. The normalized spacial score (nSPS) is 12.4. The number of ether oxygens (including phenoxy) is 2. The molecule has 2 atom stereocenters. The summed E-state index contributed by atoms with van der Waals surface area (Å²) in [4.78, 5) is 24.4. The van der Waals surface area contributed by atoms with Gasteiger partial charge >= 0.3 is 19.8 Å². The summed E-state index contributed by atoms with van der Waals surface area (Å²) in [6.45, 7) is 7.51. The van der Waals surface area contributed by atoms with Gasteiger partial charge in [-0.15, -0.1) is 0 Å². The Hall–Kier alpha value is -3.77. The van der Waals surface area contributed by atoms with Gasteiger partial charge in [0, 0.05) is 12.8 Å². The topological polar surface area (TPSA) is 97.4 Å². The maximum absolute atomic E-state index is 13.8. The summed E-state index contributed by atoms with van der Waals surface area (Å²) in [6, 6.07) is 25.2. The second kappa shape index (κ2) is 26.1. The van der Waals surface area contributed by atoms with Gasteiger partial charge in [-0.25, -0.2) is 0 Å². The minimum atomic E-state index is -4.05. The number of rotatable bonds is 29. The molecule has 3 aromatic rings. The van der Waals surface area contributed by atoms with Gasteiger partial charge in [-0.1, -0.05) is 127 Å². The first-order chi connectivity index (χ1) is 25.8. The molecule has 0 spiro atoms. The third-order valence-corrected chi connectivity index (χ3v) is 10.8. The Labute approximate surface area is 318 Å². The molecule has 2 unspecified atom stereocenters. The maximum atomic E-state index is 13.8. The molecule has 3 rings (SSSR count). The van der Waals surface area contributed by atoms with E-state index in [9.17, 15) is 14.2 Å². The quantitative estimate of drug-likeness (QED) is 0.0393. The number of phosphoric acid groups is 1. The highest BCUT2D eigenvalue weighted by atomic mass is 31.2. The Bertz CT molecular complexity index is 1420. The van der Waals surface area contributed by atoms with E-state index in [0.717, 1.165) is 89.0 Å². The average Bonchev–Trinajstić information content (AvgIpc) is 3.16. The van der Waals surface area contributed by atoms with Crippen molar-refractivity contribution in [2.45, 2.75) is 130 Å². The zero-order valence-corrected chi connectivity index (χ0v) is 33.3. The minimum Gasteiger partial charge on any atom is -0.465 e. The minimum absolute atomic E-state index is 0.0705. The first kappa shape index (κ1) is 43.6. The van der Waals surface area contributed by atoms with Gasteiger partial charge in [-0.2, -0.15) is 4.57 Å². The summed E-state index contributed by atoms with van der Waals surface area (Å²) in [5.74, 6) is 1.82. The van der Waals surface area contributed by atoms with Crippen LogP contribution in [0.25, 0.3) is 0 Å². The molecular formula is C44H63O8P. The van der Waals surface area contributed by atoms with Gasteiger partial charge in [0.05, 0.1) is 13.2 Å². The number of benzene rings is 3. The largest absolute Gasteiger partial charge is 0.647 e. The number of para-hydroxylation sites is 2. The third kappa shape index (κ3) is 19.2. The van der Waals surface area contributed by atoms with Crippen LogP contribution in [0.15, 0.2) is 84.9 Å². The van der Waals surface area contributed by atoms with Crippen LogP contribution >= 0.6 is 7.82 Å². The fraction of sp³-hybridized carbons (Fsp3) is 0.545. The summed E-state index contributed by atoms with van der Waals surface area (Å²) in [5, 5.41) is 0. The highest BCUT2D eigenvalue weighted by molar-refractivity contribution is 7.49. The number of aryl methyl sites for hydroxylation is 1. The number of carbonyl (C=O) groups excluding carboxylic acids is 2. The monoisotopic (exact) mass is 750 g/mol. The molecule has 3 aromatic carbocycles. The van der Waals surface area contributed by atoms with Gasteiger partial charge in [-0.05, 0) is 92.3 Å². The van der Waals surface area contributed by atoms with Crippen LogP contribution in [-0.2, 0) is 30.0 Å². The summed E-state index contributed by atoms with van der Waals surface area (Å²) in [6.07, 6.45) is 16.1. The SMILES string of the molecule is CCCCC(CC)COC(=O)CCCCCCCCC(=O)OCC(CC)CCCCc1cccc(OP(=O)(Oc2ccccc2)Oc2ccccc2)c1. The van der Waals surface area contributed by atoms with Gasteiger partial charge in [0.2, 0.25) is 0 Å². The molecule has 0 amide bonds. The summed E-state index contributed by atoms with van der Waals surface area (Å²) in [7, 11) is -4.05. The molecule has 0 aromatic heterocycles. The van der Waals surface area contributed by atoms with Crippen LogP contribution in [0.3, 0.4) is 0 Å². The third-order valence-electron chi connectivity index (χ3n) is 9.46. The van der Waals surface area contributed by atoms with Crippen LogP contribution in [-0.4, -0.2) is 25.2 Å². The van der Waals surface area contributed by atoms with Crippen molar-refractivity contribution in [1.82, 2.24) is 0 Å². The predicted molar refractivity (Wildman–Crippen MR) is 212 cm³/mol. The Morgan fingerprint density at radius 2 is 1.02 bits per heavy atom. The molecule has 0 fully saturated rings. The fourth-order valence-electron chi connectivity index (χ4n) is 6.04. The van der Waals surface area contributed by atoms with Gasteiger partial charge in [0.1, 0.15) is 17.2 Å². The molecule has 0 N–H and O–H groups in total. The molecular weight excluding hydrogens is 687 g/mol. The molecule has 0 saturated carbocycles. The second-order valence-corrected chi connectivity index (χ2v) is 15.4. The molecule has 53 heavy (non-hydrogen) atoms. The Balaban J connectivity index is 1.28. The number of unbranched alkanes of at least 4 members (excludes halogenated alkanes) is 7. The lowest BCUT2D eigenvalue weighted by Crippen LogP contribution is -2.14. The number of hydrogen-bond acceptors (Lipinski definition) is 8. The smallest absolute Gasteiger partial charge is 0.465 e. The molecule has 0 aliphatic heterocycles. The Morgan fingerprint density at radius 1 is 0.547 bits per heavy atom. The van der Waals surface area contributed by atoms with Gasteiger partial charge < -0.3 is 23.0 Å². The van der Waals surface area contributed by atoms with Crippen molar-refractivity contribution in [3.05, 3.63) is 90.5 Å². The van der Waals surface area contributed by atoms with Crippen LogP contribution in [0.2, 0.25) is 0 Å². The highest BCUT2D eigenvalue weighted by Crippen LogP contribution is 2.49. The number of esters is 2. The lowest BCUT2D eigenvalue weighted by atomic mass is 9.98. The molecule has 0 radical (unpaired) electrons. The van der Waals surface area contributed by atoms with Crippen LogP contribution in [0, 0.1) is 11.8 Å². The Morgan fingerprint density at radius 3 is 1.53 bits per heavy atom. The molecule has 0 aliphatic carbocycles. The van der Waals surface area contributed by atoms with Crippen molar-refractivity contribution in [1.29, 1.82) is 0 Å². The summed E-state index contributed by atoms with van der Waals surface area (Å²) < 4.78 is 42.4. The van der Waals surface area contributed by atoms with E-state index in [1.54, 1.807) is 54.6 Å². The highest BCUT2D eigenvalue weighted by Gasteiger charge is 2.33. The van der Waals surface area contributed by atoms with E-state index in [1.165, 1.54) is 12.8 Å². The molecule has 0 saturated heterocycles. The lowest BCUT2D eigenvalue weighted by molar-refractivity contribution is -0.146. The van der Waals surface area contributed by atoms with E-state index in [1.807, 2.05) is 30.3 Å². The summed E-state index contributed by atoms with van der Waals surface area (Å²) >= 11 is 0. The first-order valence-electron chi connectivity index (χ1n) is 20.0. The van der Waals surface area contributed by atoms with Crippen LogP contribution < -0.4 is 13.6 Å². The van der Waals surface area contributed by atoms with Crippen molar-refractivity contribution in [2.75, 3.05) is 13.2 Å². The molecule has 292 valence electrons. The zero-order valence-electron chi connectivity index (χ0n) is 32.4. The second-order valence-electron chi connectivity index (χ2n) is 13.9. The van der Waals surface area contributed by atoms with Crippen molar-refractivity contribution >= 4 is 19.8 Å². The molecule has 0 heterocycles. The average molecular weight is 751 g/mol. The van der Waals surface area contributed by atoms with Crippen molar-refractivity contribution < 1.29 is 37.2 Å². The van der Waals surface area contributed by atoms with Crippen molar-refractivity contribution in [3.8, 4) is 17.2 Å². The van der Waals surface area contributed by atoms with Crippen molar-refractivity contribution in [2.24, 2.45) is 11.8 Å². The van der Waals surface area contributed by atoms with E-state index in [2.05, 4.69) is 20.8 Å². The predicted octanol–water partition coefficient (Wildman–Crippen LogP) is 12.5. The summed E-state index contributed by atoms with van der Waals surface area (Å²) in [5.41, 5.74) is 1.06. The Kier molecular flexibility index (Phi) is 21.5. The zero-order chi connectivity index (χ0) is 38.0. The van der Waals surface area contributed by atoms with Gasteiger partial charge in [0.25, 0.3) is 0 Å². The maximum Gasteiger partial charge on any atom is 0.647 e. The molecule has 0 aliphatic rings. The van der Waals surface area contributed by atoms with E-state index in [-0.39, 0.29) is 11.9 Å². The fourth-order valence-corrected chi connectivity index (χ4v) is 7.28. The van der Waals surface area contributed by atoms with Crippen LogP contribution in [0.4, 0.5) is 0 Å². The van der Waals surface area contributed by atoms with Gasteiger partial charge in [-0.3, -0.25) is 9.59 Å². The van der Waals surface area contributed by atoms with E-state index >= 15 is 0 Å². The van der Waals surface area contributed by atoms with E-state index in [0.29, 0.717) is 55.1 Å². The standard InChI is InChI=1S/C44H63O8P/c1-4-7-23-37(5-2)35-48-43(45)32-18-10-8-9-11-19-33-44(46)49-36-38(6-3)24-20-21-25-39-26-22-31-42(34-39)52-53(47,50-40-27-14-12-15-28-40)51-41-29-16-13-17-30-41/h12-17,22,26-31,34,37-38H,4-11,18-21,23-25,32-33,35-36H2,1-3H3. The van der Waals surface area contributed by atoms with Crippen LogP contribution in [0.5, 0.6) is 17.2 Å². The van der Waals surface area contributed by atoms with Crippen molar-refractivity contribution in [3.63, 3.8) is 0 Å². The first-order valence-corrected chi connectivity index (χ1v) is 21.5.